The zero-order valence-corrected chi connectivity index (χ0v) is 17.9. The maximum Gasteiger partial charge on any atom is 0.319 e. The first-order chi connectivity index (χ1) is 14.8. The van der Waals surface area contributed by atoms with Gasteiger partial charge in [0, 0.05) is 37.6 Å². The van der Waals surface area contributed by atoms with E-state index in [0.717, 1.165) is 38.2 Å². The van der Waals surface area contributed by atoms with Gasteiger partial charge in [0.2, 0.25) is 0 Å². The number of para-hydroxylation sites is 1. The number of hydrogen-bond acceptors (Lipinski definition) is 3. The van der Waals surface area contributed by atoms with E-state index >= 15 is 0 Å². The minimum Gasteiger partial charge on any atom is -0.371 e. The molecule has 5 heteroatoms. The minimum atomic E-state index is -0.116. The summed E-state index contributed by atoms with van der Waals surface area (Å²) in [5, 5.41) is 6.01. The van der Waals surface area contributed by atoms with E-state index in [1.165, 1.54) is 43.6 Å². The molecule has 0 spiro atoms. The number of urea groups is 1. The molecule has 0 aromatic heterocycles. The Balaban J connectivity index is 1.16. The van der Waals surface area contributed by atoms with Crippen LogP contribution in [0, 0.1) is 5.92 Å². The number of amides is 2. The van der Waals surface area contributed by atoms with E-state index in [9.17, 15) is 4.79 Å². The van der Waals surface area contributed by atoms with Crippen LogP contribution in [0.2, 0.25) is 0 Å². The molecule has 2 aliphatic rings. The Hall–Kier alpha value is -2.53. The first-order valence-electron chi connectivity index (χ1n) is 11.4. The Labute approximate surface area is 180 Å². The average Bonchev–Trinajstić information content (AvgIpc) is 3.28. The van der Waals surface area contributed by atoms with Gasteiger partial charge >= 0.3 is 6.03 Å². The molecule has 1 atom stereocenters. The van der Waals surface area contributed by atoms with Crippen molar-refractivity contribution in [2.75, 3.05) is 49.5 Å². The van der Waals surface area contributed by atoms with Crippen molar-refractivity contribution in [3.63, 3.8) is 0 Å². The summed E-state index contributed by atoms with van der Waals surface area (Å²) in [6.07, 6.45) is 6.24. The lowest BCUT2D eigenvalue weighted by Gasteiger charge is -2.26. The molecular weight excluding hydrogens is 372 g/mol. The third kappa shape index (κ3) is 5.99. The lowest BCUT2D eigenvalue weighted by molar-refractivity contribution is 0.231. The number of carbonyl (C=O) groups excluding carboxylic acids is 1. The van der Waals surface area contributed by atoms with Crippen LogP contribution in [-0.2, 0) is 6.42 Å². The van der Waals surface area contributed by atoms with Gasteiger partial charge in [0.15, 0.2) is 0 Å². The van der Waals surface area contributed by atoms with Crippen molar-refractivity contribution in [2.24, 2.45) is 5.92 Å². The van der Waals surface area contributed by atoms with Gasteiger partial charge in [-0.1, -0.05) is 36.8 Å². The predicted molar refractivity (Wildman–Crippen MR) is 124 cm³/mol. The van der Waals surface area contributed by atoms with Crippen molar-refractivity contribution in [3.8, 4) is 0 Å². The number of anilines is 2. The van der Waals surface area contributed by atoms with Gasteiger partial charge in [-0.3, -0.25) is 0 Å². The lowest BCUT2D eigenvalue weighted by atomic mass is 10.1. The molecule has 2 amide bonds. The van der Waals surface area contributed by atoms with E-state index in [1.54, 1.807) is 0 Å². The molecule has 160 valence electrons. The van der Waals surface area contributed by atoms with Crippen molar-refractivity contribution in [2.45, 2.75) is 32.1 Å². The van der Waals surface area contributed by atoms with Gasteiger partial charge in [0.1, 0.15) is 0 Å². The molecule has 2 saturated heterocycles. The summed E-state index contributed by atoms with van der Waals surface area (Å²) in [5.74, 6) is 0.494. The second-order valence-corrected chi connectivity index (χ2v) is 8.62. The molecule has 0 radical (unpaired) electrons. The van der Waals surface area contributed by atoms with Crippen LogP contribution in [0.25, 0.3) is 0 Å². The molecule has 2 aromatic rings. The third-order valence-corrected chi connectivity index (χ3v) is 6.34. The van der Waals surface area contributed by atoms with Crippen LogP contribution in [0.5, 0.6) is 0 Å². The summed E-state index contributed by atoms with van der Waals surface area (Å²) in [7, 11) is 0. The molecule has 2 aromatic carbocycles. The van der Waals surface area contributed by atoms with Gasteiger partial charge in [0.25, 0.3) is 0 Å². The largest absolute Gasteiger partial charge is 0.371 e. The highest BCUT2D eigenvalue weighted by molar-refractivity contribution is 5.89. The van der Waals surface area contributed by atoms with Crippen molar-refractivity contribution >= 4 is 17.4 Å². The van der Waals surface area contributed by atoms with Gasteiger partial charge in [0.05, 0.1) is 0 Å². The number of piperidine rings is 1. The van der Waals surface area contributed by atoms with E-state index in [2.05, 4.69) is 56.8 Å². The molecule has 5 nitrogen and oxygen atoms in total. The normalized spacial score (nSPS) is 19.6. The summed E-state index contributed by atoms with van der Waals surface area (Å²) in [5.41, 5.74) is 3.45. The number of nitrogens with one attached hydrogen (secondary N) is 2. The Kier molecular flexibility index (Phi) is 7.25. The quantitative estimate of drug-likeness (QED) is 0.718. The Bertz CT molecular complexity index is 787. The molecule has 2 fully saturated rings. The minimum absolute atomic E-state index is 0.116. The lowest BCUT2D eigenvalue weighted by Crippen LogP contribution is -2.34. The van der Waals surface area contributed by atoms with Crippen LogP contribution in [0.3, 0.4) is 0 Å². The first kappa shape index (κ1) is 20.7. The fourth-order valence-corrected chi connectivity index (χ4v) is 4.51. The fraction of sp³-hybridized carbons (Fsp3) is 0.480. The molecule has 2 N–H and O–H groups in total. The van der Waals surface area contributed by atoms with E-state index < -0.39 is 0 Å². The topological polar surface area (TPSA) is 47.6 Å². The van der Waals surface area contributed by atoms with Crippen LogP contribution in [-0.4, -0.2) is 50.2 Å². The number of likely N-dealkylation sites (tertiary alicyclic amines) is 1. The second-order valence-electron chi connectivity index (χ2n) is 8.62. The fourth-order valence-electron chi connectivity index (χ4n) is 4.51. The number of benzene rings is 2. The van der Waals surface area contributed by atoms with Gasteiger partial charge in [-0.2, -0.15) is 0 Å². The smallest absolute Gasteiger partial charge is 0.319 e. The molecular formula is C25H34N4O. The van der Waals surface area contributed by atoms with Gasteiger partial charge in [-0.25, -0.2) is 4.79 Å². The van der Waals surface area contributed by atoms with Crippen LogP contribution < -0.4 is 15.5 Å². The first-order valence-corrected chi connectivity index (χ1v) is 11.4. The molecule has 2 aliphatic heterocycles. The summed E-state index contributed by atoms with van der Waals surface area (Å²) in [6, 6.07) is 18.7. The Morgan fingerprint density at radius 3 is 2.47 bits per heavy atom. The van der Waals surface area contributed by atoms with Crippen LogP contribution in [0.15, 0.2) is 54.6 Å². The highest BCUT2D eigenvalue weighted by Gasteiger charge is 2.22. The molecule has 0 bridgehead atoms. The molecule has 2 heterocycles. The molecule has 30 heavy (non-hydrogen) atoms. The average molecular weight is 407 g/mol. The number of carbonyl (C=O) groups is 1. The summed E-state index contributed by atoms with van der Waals surface area (Å²) >= 11 is 0. The highest BCUT2D eigenvalue weighted by Crippen LogP contribution is 2.23. The van der Waals surface area contributed by atoms with E-state index in [4.69, 9.17) is 0 Å². The standard InChI is InChI=1S/C25H34N4O/c30-25(26-19-22-14-18-29(20-22)24-7-3-1-4-8-24)27-23-11-9-21(10-12-23)13-17-28-15-5-2-6-16-28/h1,3-4,7-12,22H,2,5-6,13-20H2,(H2,26,27,30)/t22-/m0/s1. The monoisotopic (exact) mass is 406 g/mol. The number of rotatable bonds is 7. The Morgan fingerprint density at radius 2 is 1.70 bits per heavy atom. The van der Waals surface area contributed by atoms with Crippen LogP contribution in [0.1, 0.15) is 31.2 Å². The predicted octanol–water partition coefficient (Wildman–Crippen LogP) is 4.36. The zero-order valence-electron chi connectivity index (χ0n) is 17.9. The van der Waals surface area contributed by atoms with E-state index in [-0.39, 0.29) is 6.03 Å². The molecule has 0 unspecified atom stereocenters. The molecule has 0 saturated carbocycles. The van der Waals surface area contributed by atoms with Crippen LogP contribution in [0.4, 0.5) is 16.2 Å². The van der Waals surface area contributed by atoms with Crippen molar-refractivity contribution in [1.29, 1.82) is 0 Å². The van der Waals surface area contributed by atoms with Crippen molar-refractivity contribution in [3.05, 3.63) is 60.2 Å². The SMILES string of the molecule is O=C(NC[C@@H]1CCN(c2ccccc2)C1)Nc1ccc(CCN2CCCCC2)cc1. The molecule has 0 aliphatic carbocycles. The third-order valence-electron chi connectivity index (χ3n) is 6.34. The Morgan fingerprint density at radius 1 is 0.933 bits per heavy atom. The second kappa shape index (κ2) is 10.5. The van der Waals surface area contributed by atoms with Crippen molar-refractivity contribution < 1.29 is 4.79 Å². The van der Waals surface area contributed by atoms with Gasteiger partial charge in [-0.15, -0.1) is 0 Å². The maximum atomic E-state index is 12.3. The maximum absolute atomic E-state index is 12.3. The van der Waals surface area contributed by atoms with Crippen LogP contribution >= 0.6 is 0 Å². The number of hydrogen-bond donors (Lipinski definition) is 2. The molecule has 4 rings (SSSR count). The van der Waals surface area contributed by atoms with E-state index in [0.29, 0.717) is 12.5 Å². The number of nitrogens with zero attached hydrogens (tertiary/aromatic N) is 2. The summed E-state index contributed by atoms with van der Waals surface area (Å²) in [6.45, 7) is 6.37. The van der Waals surface area contributed by atoms with E-state index in [1.807, 2.05) is 18.2 Å². The zero-order chi connectivity index (χ0) is 20.6. The van der Waals surface area contributed by atoms with Crippen molar-refractivity contribution in [1.82, 2.24) is 10.2 Å². The summed E-state index contributed by atoms with van der Waals surface area (Å²) in [4.78, 5) is 17.3. The van der Waals surface area contributed by atoms with Gasteiger partial charge in [-0.05, 0) is 74.5 Å². The van der Waals surface area contributed by atoms with Gasteiger partial charge < -0.3 is 20.4 Å². The highest BCUT2D eigenvalue weighted by atomic mass is 16.2. The summed E-state index contributed by atoms with van der Waals surface area (Å²) < 4.78 is 0.